The van der Waals surface area contributed by atoms with E-state index in [2.05, 4.69) is 12.2 Å². The van der Waals surface area contributed by atoms with E-state index in [0.29, 0.717) is 5.02 Å². The molecule has 1 aromatic rings. The predicted molar refractivity (Wildman–Crippen MR) is 52.5 cm³/mol. The Labute approximate surface area is 79.8 Å². The Morgan fingerprint density at radius 1 is 1.67 bits per heavy atom. The number of rotatable bonds is 2. The van der Waals surface area contributed by atoms with Gasteiger partial charge < -0.3 is 10.3 Å². The molecule has 0 aromatic carbocycles. The van der Waals surface area contributed by atoms with Gasteiger partial charge in [0.05, 0.1) is 16.6 Å². The molecule has 0 aliphatic carbocycles. The number of hydrogen-bond acceptors (Lipinski definition) is 2. The number of nitrogens with zero attached hydrogens (tertiary/aromatic N) is 1. The van der Waals surface area contributed by atoms with Gasteiger partial charge in [-0.15, -0.1) is 0 Å². The summed E-state index contributed by atoms with van der Waals surface area (Å²) in [5.74, 6) is 0. The van der Waals surface area contributed by atoms with Crippen LogP contribution in [0.3, 0.4) is 0 Å². The van der Waals surface area contributed by atoms with Gasteiger partial charge in [-0.1, -0.05) is 23.8 Å². The number of halogens is 1. The van der Waals surface area contributed by atoms with Gasteiger partial charge in [0.15, 0.2) is 0 Å². The first kappa shape index (κ1) is 9.22. The van der Waals surface area contributed by atoms with Gasteiger partial charge in [-0.25, -0.2) is 0 Å². The molecule has 0 radical (unpaired) electrons. The fourth-order valence-electron chi connectivity index (χ4n) is 0.794. The average molecular weight is 203 g/mol. The zero-order chi connectivity index (χ0) is 9.14. The molecule has 64 valence electrons. The highest BCUT2D eigenvalue weighted by Crippen LogP contribution is 2.02. The molecular formula is C7H7ClN2OS. The van der Waals surface area contributed by atoms with Gasteiger partial charge in [0.25, 0.3) is 5.56 Å². The topological polar surface area (TPSA) is 48.0 Å². The molecule has 1 heterocycles. The lowest BCUT2D eigenvalue weighted by atomic mass is 10.4. The lowest BCUT2D eigenvalue weighted by Gasteiger charge is -2.02. The Bertz CT molecular complexity index is 361. The summed E-state index contributed by atoms with van der Waals surface area (Å²) in [6.45, 7) is 0.231. The number of nitrogens with two attached hydrogens (primary N) is 1. The van der Waals surface area contributed by atoms with Crippen LogP contribution in [0.2, 0.25) is 5.02 Å². The van der Waals surface area contributed by atoms with Crippen molar-refractivity contribution in [1.29, 1.82) is 0 Å². The zero-order valence-electron chi connectivity index (χ0n) is 6.16. The lowest BCUT2D eigenvalue weighted by molar-refractivity contribution is 0.809. The molecule has 0 aliphatic heterocycles. The number of thiocarbonyl (C=S) groups is 1. The van der Waals surface area contributed by atoms with Crippen molar-refractivity contribution in [2.75, 3.05) is 0 Å². The van der Waals surface area contributed by atoms with E-state index in [1.54, 1.807) is 0 Å². The van der Waals surface area contributed by atoms with Crippen LogP contribution >= 0.6 is 23.8 Å². The second-order valence-electron chi connectivity index (χ2n) is 2.28. The molecule has 0 fully saturated rings. The summed E-state index contributed by atoms with van der Waals surface area (Å²) in [5.41, 5.74) is 5.11. The van der Waals surface area contributed by atoms with Crippen LogP contribution in [0, 0.1) is 0 Å². The largest absolute Gasteiger partial charge is 0.392 e. The van der Waals surface area contributed by atoms with Gasteiger partial charge in [0, 0.05) is 12.3 Å². The van der Waals surface area contributed by atoms with Gasteiger partial charge in [-0.2, -0.15) is 0 Å². The first-order chi connectivity index (χ1) is 5.59. The van der Waals surface area contributed by atoms with Gasteiger partial charge in [0.1, 0.15) is 0 Å². The summed E-state index contributed by atoms with van der Waals surface area (Å²) in [4.78, 5) is 11.4. The van der Waals surface area contributed by atoms with Gasteiger partial charge in [-0.3, -0.25) is 4.79 Å². The van der Waals surface area contributed by atoms with E-state index in [-0.39, 0.29) is 17.1 Å². The van der Waals surface area contributed by atoms with Crippen molar-refractivity contribution in [3.63, 3.8) is 0 Å². The van der Waals surface area contributed by atoms with Crippen molar-refractivity contribution in [3.8, 4) is 0 Å². The van der Waals surface area contributed by atoms with E-state index in [1.165, 1.54) is 22.9 Å². The minimum Gasteiger partial charge on any atom is -0.392 e. The molecular weight excluding hydrogens is 196 g/mol. The monoisotopic (exact) mass is 202 g/mol. The highest BCUT2D eigenvalue weighted by molar-refractivity contribution is 7.80. The second-order valence-corrected chi connectivity index (χ2v) is 3.24. The SMILES string of the molecule is NC(=S)Cn1cc(Cl)ccc1=O. The third-order valence-corrected chi connectivity index (χ3v) is 1.63. The van der Waals surface area contributed by atoms with E-state index in [4.69, 9.17) is 17.3 Å². The molecule has 0 saturated carbocycles. The summed E-state index contributed by atoms with van der Waals surface area (Å²) in [6, 6.07) is 2.90. The molecule has 0 saturated heterocycles. The standard InChI is InChI=1S/C7H7ClN2OS/c8-5-1-2-7(11)10(3-5)4-6(9)12/h1-3H,4H2,(H2,9,12). The predicted octanol–water partition coefficient (Wildman–Crippen LogP) is 0.788. The first-order valence-corrected chi connectivity index (χ1v) is 4.02. The second kappa shape index (κ2) is 3.69. The normalized spacial score (nSPS) is 9.75. The summed E-state index contributed by atoms with van der Waals surface area (Å²) in [7, 11) is 0. The molecule has 3 nitrogen and oxygen atoms in total. The van der Waals surface area contributed by atoms with Gasteiger partial charge >= 0.3 is 0 Å². The maximum atomic E-state index is 11.1. The number of aromatic nitrogens is 1. The minimum atomic E-state index is -0.160. The van der Waals surface area contributed by atoms with Crippen LogP contribution < -0.4 is 11.3 Å². The van der Waals surface area contributed by atoms with Crippen LogP contribution in [-0.4, -0.2) is 9.56 Å². The Kier molecular flexibility index (Phi) is 2.83. The fraction of sp³-hybridized carbons (Fsp3) is 0.143. The molecule has 0 aliphatic rings. The van der Waals surface area contributed by atoms with Crippen molar-refractivity contribution in [3.05, 3.63) is 33.7 Å². The highest BCUT2D eigenvalue weighted by Gasteiger charge is 1.97. The summed E-state index contributed by atoms with van der Waals surface area (Å²) < 4.78 is 1.37. The van der Waals surface area contributed by atoms with Crippen molar-refractivity contribution in [2.45, 2.75) is 6.54 Å². The Morgan fingerprint density at radius 3 is 2.92 bits per heavy atom. The maximum absolute atomic E-state index is 11.1. The van der Waals surface area contributed by atoms with E-state index in [0.717, 1.165) is 0 Å². The molecule has 1 aromatic heterocycles. The van der Waals surface area contributed by atoms with E-state index in [9.17, 15) is 4.79 Å². The molecule has 0 spiro atoms. The highest BCUT2D eigenvalue weighted by atomic mass is 35.5. The third-order valence-electron chi connectivity index (χ3n) is 1.27. The van der Waals surface area contributed by atoms with Crippen LogP contribution in [0.1, 0.15) is 0 Å². The zero-order valence-corrected chi connectivity index (χ0v) is 7.73. The van der Waals surface area contributed by atoms with Crippen LogP contribution in [0.25, 0.3) is 0 Å². The molecule has 0 unspecified atom stereocenters. The molecule has 0 atom stereocenters. The van der Waals surface area contributed by atoms with E-state index >= 15 is 0 Å². The van der Waals surface area contributed by atoms with E-state index in [1.807, 2.05) is 0 Å². The summed E-state index contributed by atoms with van der Waals surface area (Å²) in [5, 5.41) is 0.492. The molecule has 5 heteroatoms. The average Bonchev–Trinajstić information content (AvgIpc) is 1.96. The lowest BCUT2D eigenvalue weighted by Crippen LogP contribution is -2.25. The van der Waals surface area contributed by atoms with Crippen LogP contribution in [0.5, 0.6) is 0 Å². The minimum absolute atomic E-state index is 0.160. The van der Waals surface area contributed by atoms with Crippen molar-refractivity contribution < 1.29 is 0 Å². The summed E-state index contributed by atoms with van der Waals surface area (Å²) in [6.07, 6.45) is 1.50. The molecule has 0 bridgehead atoms. The van der Waals surface area contributed by atoms with E-state index < -0.39 is 0 Å². The van der Waals surface area contributed by atoms with Crippen molar-refractivity contribution >= 4 is 28.8 Å². The Morgan fingerprint density at radius 2 is 2.33 bits per heavy atom. The Hall–Kier alpha value is -0.870. The van der Waals surface area contributed by atoms with Crippen LogP contribution in [0.15, 0.2) is 23.1 Å². The van der Waals surface area contributed by atoms with Crippen LogP contribution in [0.4, 0.5) is 0 Å². The molecule has 0 amide bonds. The van der Waals surface area contributed by atoms with Gasteiger partial charge in [-0.05, 0) is 6.07 Å². The Balaban J connectivity index is 3.06. The molecule has 1 rings (SSSR count). The van der Waals surface area contributed by atoms with Crippen molar-refractivity contribution in [1.82, 2.24) is 4.57 Å². The first-order valence-electron chi connectivity index (χ1n) is 3.24. The van der Waals surface area contributed by atoms with Crippen LogP contribution in [-0.2, 0) is 6.54 Å². The fourth-order valence-corrected chi connectivity index (χ4v) is 1.11. The third kappa shape index (κ3) is 2.32. The van der Waals surface area contributed by atoms with Gasteiger partial charge in [0.2, 0.25) is 0 Å². The molecule has 12 heavy (non-hydrogen) atoms. The smallest absolute Gasteiger partial charge is 0.250 e. The quantitative estimate of drug-likeness (QED) is 0.722. The van der Waals surface area contributed by atoms with Crippen molar-refractivity contribution in [2.24, 2.45) is 5.73 Å². The number of pyridine rings is 1. The maximum Gasteiger partial charge on any atom is 0.250 e. The molecule has 2 N–H and O–H groups in total. The number of hydrogen-bond donors (Lipinski definition) is 1. The summed E-state index contributed by atoms with van der Waals surface area (Å²) >= 11 is 10.3.